The maximum absolute atomic E-state index is 14.7. The van der Waals surface area contributed by atoms with Gasteiger partial charge in [-0.25, -0.2) is 9.18 Å². The molecule has 1 fully saturated rings. The van der Waals surface area contributed by atoms with Crippen molar-refractivity contribution in [2.75, 3.05) is 0 Å². The summed E-state index contributed by atoms with van der Waals surface area (Å²) >= 11 is 2.06. The predicted molar refractivity (Wildman–Crippen MR) is 141 cm³/mol. The van der Waals surface area contributed by atoms with Crippen LogP contribution >= 0.6 is 22.6 Å². The largest absolute Gasteiger partial charge is 0.416 e. The van der Waals surface area contributed by atoms with Crippen molar-refractivity contribution in [3.63, 3.8) is 0 Å². The minimum Gasteiger partial charge on any atom is -0.334 e. The first kappa shape index (κ1) is 27.3. The average molecular weight is 626 g/mol. The average Bonchev–Trinajstić information content (AvgIpc) is 2.85. The molecule has 0 aliphatic heterocycles. The monoisotopic (exact) mass is 626 g/mol. The molecule has 2 aromatic carbocycles. The Hall–Kier alpha value is -2.73. The van der Waals surface area contributed by atoms with Crippen molar-refractivity contribution in [3.05, 3.63) is 98.6 Å². The number of halogens is 5. The summed E-state index contributed by atoms with van der Waals surface area (Å²) in [6.45, 7) is 0. The fourth-order valence-electron chi connectivity index (χ4n) is 4.79. The molecular weight excluding hydrogens is 599 g/mol. The Morgan fingerprint density at radius 1 is 1.03 bits per heavy atom. The molecule has 1 aliphatic carbocycles. The highest BCUT2D eigenvalue weighted by molar-refractivity contribution is 14.1. The second-order valence-electron chi connectivity index (χ2n) is 9.31. The lowest BCUT2D eigenvalue weighted by atomic mass is 9.79. The van der Waals surface area contributed by atoms with Crippen molar-refractivity contribution < 1.29 is 22.4 Å². The van der Waals surface area contributed by atoms with E-state index in [2.05, 4.69) is 38.2 Å². The van der Waals surface area contributed by atoms with Crippen molar-refractivity contribution >= 4 is 28.6 Å². The lowest BCUT2D eigenvalue weighted by molar-refractivity contribution is -0.137. The minimum absolute atomic E-state index is 0.0341. The number of hydrogen-bond acceptors (Lipinski definition) is 3. The van der Waals surface area contributed by atoms with Gasteiger partial charge >= 0.3 is 12.2 Å². The molecule has 37 heavy (non-hydrogen) atoms. The maximum atomic E-state index is 14.7. The fourth-order valence-corrected chi connectivity index (χ4v) is 5.11. The van der Waals surface area contributed by atoms with Crippen LogP contribution in [0.4, 0.5) is 22.4 Å². The minimum atomic E-state index is -4.79. The van der Waals surface area contributed by atoms with Gasteiger partial charge in [0.1, 0.15) is 11.4 Å². The van der Waals surface area contributed by atoms with Crippen LogP contribution in [0.3, 0.4) is 0 Å². The molecule has 3 atom stereocenters. The van der Waals surface area contributed by atoms with Gasteiger partial charge in [-0.15, -0.1) is 0 Å². The van der Waals surface area contributed by atoms with Gasteiger partial charge < -0.3 is 16.4 Å². The third-order valence-electron chi connectivity index (χ3n) is 6.66. The SMILES string of the molecule is N[C@@H]1CCCC[C@H]1NC(=O)N[C@@](Cc1ccccc1)(c1cc(F)cc(C(F)(F)F)c1)c1ccc(I)cn1. The van der Waals surface area contributed by atoms with Crippen LogP contribution in [0.15, 0.2) is 66.9 Å². The Bertz CT molecular complexity index is 1220. The standard InChI is InChI=1S/C27H27F4IN4O/c28-20-13-18(12-19(14-20)27(29,30)31)26(15-17-6-2-1-3-7-17,24-11-10-21(32)16-34-24)36-25(37)35-23-9-5-4-8-22(23)33/h1-3,6-7,10-14,16,22-23H,4-5,8-9,15,33H2,(H2,35,36,37)/t22-,23-,26+/m1/s1. The first-order chi connectivity index (χ1) is 17.6. The summed E-state index contributed by atoms with van der Waals surface area (Å²) in [4.78, 5) is 17.9. The Kier molecular flexibility index (Phi) is 8.37. The number of alkyl halides is 3. The highest BCUT2D eigenvalue weighted by Crippen LogP contribution is 2.37. The van der Waals surface area contributed by atoms with Gasteiger partial charge in [0.25, 0.3) is 0 Å². The number of amides is 2. The number of carbonyl (C=O) groups is 1. The van der Waals surface area contributed by atoms with E-state index in [1.54, 1.807) is 42.6 Å². The first-order valence-electron chi connectivity index (χ1n) is 12.0. The number of nitrogens with two attached hydrogens (primary N) is 1. The number of aromatic nitrogens is 1. The third kappa shape index (κ3) is 6.59. The first-order valence-corrected chi connectivity index (χ1v) is 13.0. The molecule has 0 unspecified atom stereocenters. The molecule has 0 saturated heterocycles. The second-order valence-corrected chi connectivity index (χ2v) is 10.6. The van der Waals surface area contributed by atoms with Gasteiger partial charge in [0.2, 0.25) is 0 Å². The van der Waals surface area contributed by atoms with Crippen LogP contribution in [-0.2, 0) is 18.1 Å². The third-order valence-corrected chi connectivity index (χ3v) is 7.30. The van der Waals surface area contributed by atoms with Crippen LogP contribution in [0, 0.1) is 9.39 Å². The Balaban J connectivity index is 1.86. The molecule has 1 aromatic heterocycles. The zero-order chi connectivity index (χ0) is 26.6. The lowest BCUT2D eigenvalue weighted by Gasteiger charge is -2.37. The van der Waals surface area contributed by atoms with E-state index in [1.807, 2.05) is 6.07 Å². The molecule has 1 heterocycles. The number of rotatable bonds is 6. The zero-order valence-electron chi connectivity index (χ0n) is 19.9. The van der Waals surface area contributed by atoms with Gasteiger partial charge in [-0.1, -0.05) is 43.2 Å². The van der Waals surface area contributed by atoms with Crippen LogP contribution in [0.2, 0.25) is 0 Å². The second kappa shape index (κ2) is 11.3. The normalized spacial score (nSPS) is 19.6. The molecule has 0 bridgehead atoms. The molecule has 10 heteroatoms. The summed E-state index contributed by atoms with van der Waals surface area (Å²) in [5, 5.41) is 5.80. The van der Waals surface area contributed by atoms with Crippen LogP contribution in [0.25, 0.3) is 0 Å². The van der Waals surface area contributed by atoms with Crippen LogP contribution < -0.4 is 16.4 Å². The van der Waals surface area contributed by atoms with E-state index in [-0.39, 0.29) is 29.8 Å². The number of nitrogens with zero attached hydrogens (tertiary/aromatic N) is 1. The number of hydrogen-bond donors (Lipinski definition) is 3. The maximum Gasteiger partial charge on any atom is 0.416 e. The number of urea groups is 1. The molecule has 2 amide bonds. The van der Waals surface area contributed by atoms with Crippen LogP contribution in [0.1, 0.15) is 48.1 Å². The molecule has 0 radical (unpaired) electrons. The van der Waals surface area contributed by atoms with Crippen LogP contribution in [-0.4, -0.2) is 23.1 Å². The Labute approximate surface area is 226 Å². The van der Waals surface area contributed by atoms with E-state index in [0.29, 0.717) is 12.5 Å². The summed E-state index contributed by atoms with van der Waals surface area (Å²) in [5.74, 6) is -1.07. The molecule has 3 aromatic rings. The van der Waals surface area contributed by atoms with E-state index in [9.17, 15) is 22.4 Å². The van der Waals surface area contributed by atoms with Gasteiger partial charge in [0.15, 0.2) is 0 Å². The molecular formula is C27H27F4IN4O. The number of benzene rings is 2. The zero-order valence-corrected chi connectivity index (χ0v) is 22.0. The van der Waals surface area contributed by atoms with Crippen molar-refractivity contribution in [2.45, 2.75) is 55.9 Å². The molecule has 196 valence electrons. The van der Waals surface area contributed by atoms with E-state index in [0.717, 1.165) is 40.5 Å². The van der Waals surface area contributed by atoms with Gasteiger partial charge in [-0.3, -0.25) is 4.98 Å². The molecule has 5 nitrogen and oxygen atoms in total. The highest BCUT2D eigenvalue weighted by atomic mass is 127. The summed E-state index contributed by atoms with van der Waals surface area (Å²) < 4.78 is 56.7. The van der Waals surface area contributed by atoms with Gasteiger partial charge in [-0.2, -0.15) is 13.2 Å². The van der Waals surface area contributed by atoms with Crippen molar-refractivity contribution in [1.82, 2.24) is 15.6 Å². The Morgan fingerprint density at radius 2 is 1.73 bits per heavy atom. The van der Waals surface area contributed by atoms with Crippen LogP contribution in [0.5, 0.6) is 0 Å². The van der Waals surface area contributed by atoms with Gasteiger partial charge in [-0.05, 0) is 76.9 Å². The Morgan fingerprint density at radius 3 is 2.38 bits per heavy atom. The van der Waals surface area contributed by atoms with Crippen molar-refractivity contribution in [1.29, 1.82) is 0 Å². The van der Waals surface area contributed by atoms with E-state index in [4.69, 9.17) is 5.73 Å². The summed E-state index contributed by atoms with van der Waals surface area (Å²) in [6.07, 6.45) is 0.132. The molecule has 0 spiro atoms. The molecule has 1 saturated carbocycles. The van der Waals surface area contributed by atoms with E-state index in [1.165, 1.54) is 0 Å². The summed E-state index contributed by atoms with van der Waals surface area (Å²) in [7, 11) is 0. The number of nitrogens with one attached hydrogen (secondary N) is 2. The van der Waals surface area contributed by atoms with Gasteiger partial charge in [0, 0.05) is 28.3 Å². The number of carbonyl (C=O) groups excluding carboxylic acids is 1. The predicted octanol–water partition coefficient (Wildman–Crippen LogP) is 5.90. The van der Waals surface area contributed by atoms with E-state index < -0.39 is 29.1 Å². The van der Waals surface area contributed by atoms with Crippen molar-refractivity contribution in [3.8, 4) is 0 Å². The van der Waals surface area contributed by atoms with Crippen molar-refractivity contribution in [2.24, 2.45) is 5.73 Å². The molecule has 4 rings (SSSR count). The number of pyridine rings is 1. The molecule has 4 N–H and O–H groups in total. The quantitative estimate of drug-likeness (QED) is 0.236. The topological polar surface area (TPSA) is 80.0 Å². The summed E-state index contributed by atoms with van der Waals surface area (Å²) in [6, 6.07) is 13.5. The van der Waals surface area contributed by atoms with E-state index >= 15 is 0 Å². The lowest BCUT2D eigenvalue weighted by Crippen LogP contribution is -2.57. The fraction of sp³-hybridized carbons (Fsp3) is 0.333. The molecule has 1 aliphatic rings. The highest BCUT2D eigenvalue weighted by Gasteiger charge is 2.41. The smallest absolute Gasteiger partial charge is 0.334 e. The van der Waals surface area contributed by atoms with Gasteiger partial charge in [0.05, 0.1) is 11.3 Å². The summed E-state index contributed by atoms with van der Waals surface area (Å²) in [5.41, 5.74) is 4.37.